The molecule has 0 atom stereocenters. The van der Waals surface area contributed by atoms with Crippen molar-refractivity contribution in [2.75, 3.05) is 13.1 Å². The van der Waals surface area contributed by atoms with Gasteiger partial charge in [-0.2, -0.15) is 0 Å². The average molecular weight is 466 g/mol. The molecule has 2 aliphatic rings. The number of halogens is 2. The molecular formula is C25H29BF2N4O2. The highest BCUT2D eigenvalue weighted by Crippen LogP contribution is 2.34. The first-order chi connectivity index (χ1) is 16.3. The van der Waals surface area contributed by atoms with Gasteiger partial charge in [0.1, 0.15) is 5.71 Å². The van der Waals surface area contributed by atoms with Crippen molar-refractivity contribution in [3.63, 3.8) is 0 Å². The van der Waals surface area contributed by atoms with Crippen LogP contribution in [-0.4, -0.2) is 46.6 Å². The molecule has 0 fully saturated rings. The predicted molar refractivity (Wildman–Crippen MR) is 130 cm³/mol. The van der Waals surface area contributed by atoms with Gasteiger partial charge in [0.25, 0.3) is 0 Å². The number of hydrogen-bond donors (Lipinski definition) is 2. The molecule has 34 heavy (non-hydrogen) atoms. The van der Waals surface area contributed by atoms with Crippen molar-refractivity contribution < 1.29 is 22.7 Å². The average Bonchev–Trinajstić information content (AvgIpc) is 3.35. The summed E-state index contributed by atoms with van der Waals surface area (Å²) < 4.78 is 33.0. The van der Waals surface area contributed by atoms with E-state index in [0.717, 1.165) is 20.1 Å². The van der Waals surface area contributed by atoms with Crippen molar-refractivity contribution in [2.24, 2.45) is 0 Å². The molecule has 2 aromatic rings. The van der Waals surface area contributed by atoms with E-state index in [9.17, 15) is 9.59 Å². The summed E-state index contributed by atoms with van der Waals surface area (Å²) in [7, 11) is 0. The van der Waals surface area contributed by atoms with Gasteiger partial charge in [-0.25, -0.2) is 0 Å². The highest BCUT2D eigenvalue weighted by molar-refractivity contribution is 6.58. The number of hydrogen-bond acceptors (Lipinski definition) is 2. The third-order valence-corrected chi connectivity index (χ3v) is 6.27. The van der Waals surface area contributed by atoms with Crippen LogP contribution in [-0.2, 0) is 16.0 Å². The van der Waals surface area contributed by atoms with Crippen molar-refractivity contribution in [2.45, 2.75) is 39.5 Å². The SMILES string of the molecule is Cc1cc(C)n2c1C=C1C=CC(CCC(=O)NCCNC(=O)CCc3ccccc3)=[N+]1[B-]2(F)F. The summed E-state index contributed by atoms with van der Waals surface area (Å²) in [5.41, 5.74) is 3.84. The van der Waals surface area contributed by atoms with Crippen LogP contribution >= 0.6 is 0 Å². The molecule has 0 saturated carbocycles. The Morgan fingerprint density at radius 3 is 2.29 bits per heavy atom. The molecule has 3 heterocycles. The Hall–Kier alpha value is -3.49. The molecule has 0 aliphatic carbocycles. The molecule has 9 heteroatoms. The zero-order valence-corrected chi connectivity index (χ0v) is 19.5. The topological polar surface area (TPSA) is 66.1 Å². The van der Waals surface area contributed by atoms with E-state index in [1.165, 1.54) is 0 Å². The summed E-state index contributed by atoms with van der Waals surface area (Å²) in [5, 5.41) is 5.53. The molecule has 2 amide bonds. The lowest BCUT2D eigenvalue weighted by Crippen LogP contribution is -2.50. The molecule has 4 rings (SSSR count). The summed E-state index contributed by atoms with van der Waals surface area (Å²) >= 11 is 0. The lowest BCUT2D eigenvalue weighted by molar-refractivity contribution is -0.362. The number of nitrogens with zero attached hydrogens (tertiary/aromatic N) is 2. The standard InChI is InChI=1S/C25H29BF2N4O2/c1-18-16-19(2)31-23(18)17-22-10-9-21(32(22)26(31,27)28)11-13-25(34)30-15-14-29-24(33)12-8-20-6-4-3-5-7-20/h3-7,9-10,16-17H,8,11-15H2,1-2H3,(H,29,33)(H,30,34). The largest absolute Gasteiger partial charge is 0.737 e. The lowest BCUT2D eigenvalue weighted by atomic mass is 9.90. The van der Waals surface area contributed by atoms with Crippen LogP contribution in [0.1, 0.15) is 41.8 Å². The van der Waals surface area contributed by atoms with Crippen molar-refractivity contribution in [1.82, 2.24) is 15.1 Å². The maximum atomic E-state index is 15.4. The molecule has 6 nitrogen and oxygen atoms in total. The van der Waals surface area contributed by atoms with Crippen LogP contribution in [0, 0.1) is 13.8 Å². The van der Waals surface area contributed by atoms with Crippen molar-refractivity contribution in [3.8, 4) is 0 Å². The summed E-state index contributed by atoms with van der Waals surface area (Å²) in [6, 6.07) is 11.5. The monoisotopic (exact) mass is 466 g/mol. The van der Waals surface area contributed by atoms with Crippen molar-refractivity contribution in [1.29, 1.82) is 0 Å². The van der Waals surface area contributed by atoms with E-state index in [4.69, 9.17) is 0 Å². The second kappa shape index (κ2) is 9.79. The minimum Gasteiger partial charge on any atom is -0.394 e. The van der Waals surface area contributed by atoms with Crippen LogP contribution in [0.4, 0.5) is 8.63 Å². The van der Waals surface area contributed by atoms with Gasteiger partial charge in [0, 0.05) is 56.3 Å². The third kappa shape index (κ3) is 4.88. The van der Waals surface area contributed by atoms with E-state index >= 15 is 8.63 Å². The second-order valence-electron chi connectivity index (χ2n) is 8.76. The van der Waals surface area contributed by atoms with E-state index < -0.39 is 6.97 Å². The van der Waals surface area contributed by atoms with Crippen molar-refractivity contribution >= 4 is 30.6 Å². The molecule has 2 aliphatic heterocycles. The molecule has 0 radical (unpaired) electrons. The molecule has 1 aromatic carbocycles. The maximum absolute atomic E-state index is 15.4. The number of rotatable bonds is 9. The lowest BCUT2D eigenvalue weighted by Gasteiger charge is -2.30. The fourth-order valence-corrected chi connectivity index (χ4v) is 4.62. The van der Waals surface area contributed by atoms with Crippen LogP contribution in [0.25, 0.3) is 6.08 Å². The van der Waals surface area contributed by atoms with Crippen LogP contribution in [0.15, 0.2) is 54.2 Å². The zero-order valence-electron chi connectivity index (χ0n) is 19.5. The van der Waals surface area contributed by atoms with E-state index in [1.54, 1.807) is 31.2 Å². The Kier molecular flexibility index (Phi) is 6.81. The van der Waals surface area contributed by atoms with Crippen LogP contribution in [0.2, 0.25) is 0 Å². The molecular weight excluding hydrogens is 437 g/mol. The first kappa shape index (κ1) is 23.7. The minimum absolute atomic E-state index is 0.0754. The number of carbonyl (C=O) groups excluding carboxylic acids is 2. The Morgan fingerprint density at radius 1 is 0.971 bits per heavy atom. The molecule has 2 N–H and O–H groups in total. The smallest absolute Gasteiger partial charge is 0.394 e. The minimum atomic E-state index is -4.02. The number of fused-ring (bicyclic) bond motifs is 2. The van der Waals surface area contributed by atoms with Gasteiger partial charge in [0.2, 0.25) is 11.8 Å². The van der Waals surface area contributed by atoms with Gasteiger partial charge < -0.3 is 28.2 Å². The molecule has 0 spiro atoms. The number of aromatic nitrogens is 1. The Balaban J connectivity index is 1.24. The first-order valence-corrected chi connectivity index (χ1v) is 11.6. The molecule has 0 saturated heterocycles. The van der Waals surface area contributed by atoms with E-state index in [-0.39, 0.29) is 24.7 Å². The third-order valence-electron chi connectivity index (χ3n) is 6.27. The second-order valence-corrected chi connectivity index (χ2v) is 8.76. The Bertz CT molecular complexity index is 1200. The van der Waals surface area contributed by atoms with E-state index in [1.807, 2.05) is 37.3 Å². The molecule has 1 aromatic heterocycles. The fourth-order valence-electron chi connectivity index (χ4n) is 4.62. The van der Waals surface area contributed by atoms with Gasteiger partial charge in [-0.3, -0.25) is 9.59 Å². The van der Waals surface area contributed by atoms with E-state index in [2.05, 4.69) is 10.6 Å². The molecule has 0 bridgehead atoms. The van der Waals surface area contributed by atoms with Crippen LogP contribution in [0.3, 0.4) is 0 Å². The van der Waals surface area contributed by atoms with Crippen LogP contribution < -0.4 is 10.6 Å². The highest BCUT2D eigenvalue weighted by Gasteiger charge is 2.52. The highest BCUT2D eigenvalue weighted by atomic mass is 19.2. The van der Waals surface area contributed by atoms with Gasteiger partial charge in [0.15, 0.2) is 5.70 Å². The quantitative estimate of drug-likeness (QED) is 0.440. The summed E-state index contributed by atoms with van der Waals surface area (Å²) in [5.74, 6) is -0.313. The van der Waals surface area contributed by atoms with Gasteiger partial charge in [-0.05, 0) is 43.2 Å². The summed E-state index contributed by atoms with van der Waals surface area (Å²) in [6.45, 7) is 0.111. The first-order valence-electron chi connectivity index (χ1n) is 11.6. The van der Waals surface area contributed by atoms with Gasteiger partial charge >= 0.3 is 6.97 Å². The number of carbonyl (C=O) groups is 2. The number of nitrogens with one attached hydrogen (secondary N) is 2. The normalized spacial score (nSPS) is 15.6. The van der Waals surface area contributed by atoms with Crippen LogP contribution in [0.5, 0.6) is 0 Å². The molecule has 0 unspecified atom stereocenters. The number of aryl methyl sites for hydroxylation is 3. The Morgan fingerprint density at radius 2 is 1.62 bits per heavy atom. The number of benzene rings is 1. The van der Waals surface area contributed by atoms with Gasteiger partial charge in [-0.1, -0.05) is 30.3 Å². The number of amides is 2. The zero-order chi connectivity index (χ0) is 24.3. The van der Waals surface area contributed by atoms with Gasteiger partial charge in [0.05, 0.1) is 0 Å². The van der Waals surface area contributed by atoms with E-state index in [0.29, 0.717) is 48.7 Å². The van der Waals surface area contributed by atoms with Gasteiger partial charge in [-0.15, -0.1) is 0 Å². The fraction of sp³-hybridized carbons (Fsp3) is 0.320. The maximum Gasteiger partial charge on any atom is 0.737 e. The number of allylic oxidation sites excluding steroid dienone is 2. The summed E-state index contributed by atoms with van der Waals surface area (Å²) in [4.78, 5) is 24.2. The Labute approximate surface area is 198 Å². The summed E-state index contributed by atoms with van der Waals surface area (Å²) in [6.07, 6.45) is 6.45. The molecule has 178 valence electrons. The predicted octanol–water partition coefficient (Wildman–Crippen LogP) is 3.35. The van der Waals surface area contributed by atoms with Crippen molar-refractivity contribution in [3.05, 3.63) is 76.8 Å².